The van der Waals surface area contributed by atoms with Crippen LogP contribution in [0.3, 0.4) is 0 Å². The fourth-order valence-corrected chi connectivity index (χ4v) is 3.29. The second-order valence-corrected chi connectivity index (χ2v) is 6.32. The summed E-state index contributed by atoms with van der Waals surface area (Å²) in [7, 11) is 0. The zero-order chi connectivity index (χ0) is 13.9. The molecule has 1 saturated heterocycles. The van der Waals surface area contributed by atoms with Gasteiger partial charge in [0.25, 0.3) is 0 Å². The maximum absolute atomic E-state index is 11.1. The third-order valence-corrected chi connectivity index (χ3v) is 4.68. The minimum absolute atomic E-state index is 0.0172. The maximum Gasteiger partial charge on any atom is 0.174 e. The molecule has 1 aliphatic carbocycles. The van der Waals surface area contributed by atoms with Crippen molar-refractivity contribution < 1.29 is 14.3 Å². The molecule has 0 amide bonds. The highest BCUT2D eigenvalue weighted by molar-refractivity contribution is 5.75. The first-order valence-electron chi connectivity index (χ1n) is 7.40. The van der Waals surface area contributed by atoms with Crippen LogP contribution in [0, 0.1) is 5.41 Å². The topological polar surface area (TPSA) is 35.5 Å². The molecule has 1 atom stereocenters. The number of hydrogen-bond acceptors (Lipinski definition) is 3. The van der Waals surface area contributed by atoms with E-state index in [0.717, 1.165) is 32.1 Å². The molecule has 19 heavy (non-hydrogen) atoms. The van der Waals surface area contributed by atoms with Gasteiger partial charge >= 0.3 is 0 Å². The highest BCUT2D eigenvalue weighted by Gasteiger charge is 2.52. The first-order valence-corrected chi connectivity index (χ1v) is 7.40. The first kappa shape index (κ1) is 14.7. The summed E-state index contributed by atoms with van der Waals surface area (Å²) in [5, 5.41) is 0. The van der Waals surface area contributed by atoms with Crippen molar-refractivity contribution in [3.05, 3.63) is 11.6 Å². The fourth-order valence-electron chi connectivity index (χ4n) is 3.29. The molecule has 1 fully saturated rings. The lowest BCUT2D eigenvalue weighted by atomic mass is 9.73. The lowest BCUT2D eigenvalue weighted by Gasteiger charge is -2.43. The molecule has 2 aliphatic rings. The van der Waals surface area contributed by atoms with Gasteiger partial charge in [-0.3, -0.25) is 0 Å². The van der Waals surface area contributed by atoms with Gasteiger partial charge in [0, 0.05) is 18.3 Å². The van der Waals surface area contributed by atoms with Gasteiger partial charge in [0.1, 0.15) is 5.78 Å². The smallest absolute Gasteiger partial charge is 0.174 e. The van der Waals surface area contributed by atoms with Crippen LogP contribution in [0.4, 0.5) is 0 Å². The molecule has 0 aromatic carbocycles. The number of ether oxygens (including phenoxy) is 2. The fraction of sp³-hybridized carbons (Fsp3) is 0.812. The molecule has 1 aliphatic heterocycles. The van der Waals surface area contributed by atoms with Crippen molar-refractivity contribution in [1.29, 1.82) is 0 Å². The minimum atomic E-state index is -0.432. The SMILES string of the molecule is CC(=O)CCCC1(C)CC=C(C)CCC12OCCO2. The van der Waals surface area contributed by atoms with Gasteiger partial charge in [-0.25, -0.2) is 0 Å². The molecule has 108 valence electrons. The third kappa shape index (κ3) is 3.09. The van der Waals surface area contributed by atoms with Crippen molar-refractivity contribution in [2.45, 2.75) is 65.1 Å². The quantitative estimate of drug-likeness (QED) is 0.729. The molecule has 0 bridgehead atoms. The predicted molar refractivity (Wildman–Crippen MR) is 74.9 cm³/mol. The Hall–Kier alpha value is -0.670. The van der Waals surface area contributed by atoms with Gasteiger partial charge in [0.15, 0.2) is 5.79 Å². The van der Waals surface area contributed by atoms with E-state index in [0.29, 0.717) is 19.6 Å². The molecule has 0 aromatic heterocycles. The van der Waals surface area contributed by atoms with Crippen LogP contribution >= 0.6 is 0 Å². The van der Waals surface area contributed by atoms with Crippen LogP contribution < -0.4 is 0 Å². The Labute approximate surface area is 116 Å². The molecular weight excluding hydrogens is 240 g/mol. The first-order chi connectivity index (χ1) is 8.97. The van der Waals surface area contributed by atoms with Crippen molar-refractivity contribution in [3.63, 3.8) is 0 Å². The van der Waals surface area contributed by atoms with Gasteiger partial charge in [-0.05, 0) is 39.5 Å². The molecule has 1 heterocycles. The zero-order valence-corrected chi connectivity index (χ0v) is 12.5. The second kappa shape index (κ2) is 5.76. The van der Waals surface area contributed by atoms with E-state index in [4.69, 9.17) is 9.47 Å². The number of carbonyl (C=O) groups excluding carboxylic acids is 1. The second-order valence-electron chi connectivity index (χ2n) is 6.32. The lowest BCUT2D eigenvalue weighted by molar-refractivity contribution is -0.237. The van der Waals surface area contributed by atoms with Crippen LogP contribution in [0.25, 0.3) is 0 Å². The molecular formula is C16H26O3. The van der Waals surface area contributed by atoms with E-state index in [-0.39, 0.29) is 11.2 Å². The number of carbonyl (C=O) groups is 1. The van der Waals surface area contributed by atoms with Crippen LogP contribution in [0.2, 0.25) is 0 Å². The number of hydrogen-bond donors (Lipinski definition) is 0. The van der Waals surface area contributed by atoms with E-state index in [9.17, 15) is 4.79 Å². The number of ketones is 1. The molecule has 3 heteroatoms. The molecule has 3 nitrogen and oxygen atoms in total. The number of Topliss-reactive ketones (excluding diaryl/α,β-unsaturated/α-hetero) is 1. The van der Waals surface area contributed by atoms with E-state index in [1.54, 1.807) is 6.92 Å². The molecule has 0 saturated carbocycles. The summed E-state index contributed by atoms with van der Waals surface area (Å²) in [5.74, 6) is -0.163. The maximum atomic E-state index is 11.1. The van der Waals surface area contributed by atoms with Gasteiger partial charge in [0.2, 0.25) is 0 Å². The Morgan fingerprint density at radius 1 is 1.37 bits per heavy atom. The average Bonchev–Trinajstić information content (AvgIpc) is 2.79. The predicted octanol–water partition coefficient (Wildman–Crippen LogP) is 3.63. The van der Waals surface area contributed by atoms with Crippen molar-refractivity contribution in [2.75, 3.05) is 13.2 Å². The van der Waals surface area contributed by atoms with Crippen molar-refractivity contribution in [3.8, 4) is 0 Å². The van der Waals surface area contributed by atoms with E-state index in [1.807, 2.05) is 0 Å². The zero-order valence-electron chi connectivity index (χ0n) is 12.5. The summed E-state index contributed by atoms with van der Waals surface area (Å²) in [5.41, 5.74) is 1.41. The van der Waals surface area contributed by atoms with Crippen molar-refractivity contribution in [2.24, 2.45) is 5.41 Å². The minimum Gasteiger partial charge on any atom is -0.347 e. The van der Waals surface area contributed by atoms with Crippen LogP contribution in [0.5, 0.6) is 0 Å². The van der Waals surface area contributed by atoms with Crippen LogP contribution in [-0.2, 0) is 14.3 Å². The van der Waals surface area contributed by atoms with Gasteiger partial charge < -0.3 is 14.3 Å². The summed E-state index contributed by atoms with van der Waals surface area (Å²) in [6.07, 6.45) is 7.86. The Morgan fingerprint density at radius 3 is 2.68 bits per heavy atom. The lowest BCUT2D eigenvalue weighted by Crippen LogP contribution is -2.47. The summed E-state index contributed by atoms with van der Waals surface area (Å²) >= 11 is 0. The van der Waals surface area contributed by atoms with Gasteiger partial charge in [-0.1, -0.05) is 18.6 Å². The normalized spacial score (nSPS) is 30.2. The standard InChI is InChI=1S/C16H26O3/c1-13-6-9-15(3,8-4-5-14(2)17)16(10-7-13)18-11-12-19-16/h6H,4-5,7-12H2,1-3H3. The Morgan fingerprint density at radius 2 is 2.05 bits per heavy atom. The van der Waals surface area contributed by atoms with E-state index >= 15 is 0 Å². The van der Waals surface area contributed by atoms with Crippen LogP contribution in [0.15, 0.2) is 11.6 Å². The summed E-state index contributed by atoms with van der Waals surface area (Å²) in [4.78, 5) is 11.1. The van der Waals surface area contributed by atoms with E-state index < -0.39 is 5.79 Å². The Kier molecular flexibility index (Phi) is 4.46. The third-order valence-electron chi connectivity index (χ3n) is 4.68. The van der Waals surface area contributed by atoms with Crippen molar-refractivity contribution in [1.82, 2.24) is 0 Å². The highest BCUT2D eigenvalue weighted by Crippen LogP contribution is 2.50. The van der Waals surface area contributed by atoms with Gasteiger partial charge in [-0.15, -0.1) is 0 Å². The van der Waals surface area contributed by atoms with Gasteiger partial charge in [-0.2, -0.15) is 0 Å². The summed E-state index contributed by atoms with van der Waals surface area (Å²) in [6.45, 7) is 7.50. The number of rotatable bonds is 4. The van der Waals surface area contributed by atoms with E-state index in [1.165, 1.54) is 5.57 Å². The van der Waals surface area contributed by atoms with Crippen LogP contribution in [0.1, 0.15) is 59.3 Å². The summed E-state index contributed by atoms with van der Waals surface area (Å²) in [6, 6.07) is 0. The molecule has 1 spiro atoms. The molecule has 0 N–H and O–H groups in total. The Bertz CT molecular complexity index is 366. The molecule has 1 unspecified atom stereocenters. The van der Waals surface area contributed by atoms with E-state index in [2.05, 4.69) is 19.9 Å². The summed E-state index contributed by atoms with van der Waals surface area (Å²) < 4.78 is 12.1. The molecule has 2 rings (SSSR count). The van der Waals surface area contributed by atoms with Crippen molar-refractivity contribution >= 4 is 5.78 Å². The average molecular weight is 266 g/mol. The van der Waals surface area contributed by atoms with Crippen LogP contribution in [-0.4, -0.2) is 24.8 Å². The Balaban J connectivity index is 2.12. The highest BCUT2D eigenvalue weighted by atomic mass is 16.7. The molecule has 0 aromatic rings. The largest absolute Gasteiger partial charge is 0.347 e. The van der Waals surface area contributed by atoms with Gasteiger partial charge in [0.05, 0.1) is 13.2 Å². The number of allylic oxidation sites excluding steroid dienone is 2. The monoisotopic (exact) mass is 266 g/mol. The molecule has 0 radical (unpaired) electrons.